The molecule has 2 unspecified atom stereocenters. The minimum atomic E-state index is -0.935. The van der Waals surface area contributed by atoms with Crippen LogP contribution >= 0.6 is 11.8 Å². The van der Waals surface area contributed by atoms with Gasteiger partial charge in [0.15, 0.2) is 0 Å². The van der Waals surface area contributed by atoms with Crippen LogP contribution in [0.1, 0.15) is 32.6 Å². The number of amides is 2. The molecule has 0 bridgehead atoms. The summed E-state index contributed by atoms with van der Waals surface area (Å²) < 4.78 is 0. The van der Waals surface area contributed by atoms with Crippen molar-refractivity contribution in [1.82, 2.24) is 10.2 Å². The molecular weight excluding hydrogens is 292 g/mol. The zero-order chi connectivity index (χ0) is 15.4. The van der Waals surface area contributed by atoms with Gasteiger partial charge in [-0.25, -0.2) is 0 Å². The van der Waals surface area contributed by atoms with Gasteiger partial charge in [0.05, 0.1) is 11.8 Å². The molecule has 1 heterocycles. The maximum absolute atomic E-state index is 12.4. The molecule has 21 heavy (non-hydrogen) atoms. The Morgan fingerprint density at radius 1 is 1.33 bits per heavy atom. The predicted molar refractivity (Wildman–Crippen MR) is 79.7 cm³/mol. The number of nitrogens with zero attached hydrogens (tertiary/aromatic N) is 1. The van der Waals surface area contributed by atoms with Crippen molar-refractivity contribution in [2.75, 3.05) is 18.2 Å². The summed E-state index contributed by atoms with van der Waals surface area (Å²) in [5.74, 6) is -0.495. The van der Waals surface area contributed by atoms with Crippen molar-refractivity contribution in [2.24, 2.45) is 11.8 Å². The van der Waals surface area contributed by atoms with Crippen LogP contribution in [0.5, 0.6) is 0 Å². The highest BCUT2D eigenvalue weighted by molar-refractivity contribution is 7.99. The molecule has 0 radical (unpaired) electrons. The molecule has 1 saturated heterocycles. The molecule has 7 heteroatoms. The Bertz CT molecular complexity index is 423. The topological polar surface area (TPSA) is 86.7 Å². The average Bonchev–Trinajstić information content (AvgIpc) is 3.13. The van der Waals surface area contributed by atoms with Crippen molar-refractivity contribution in [2.45, 2.75) is 38.6 Å². The van der Waals surface area contributed by atoms with Crippen molar-refractivity contribution in [3.8, 4) is 0 Å². The summed E-state index contributed by atoms with van der Waals surface area (Å²) in [7, 11) is 0. The lowest BCUT2D eigenvalue weighted by Gasteiger charge is -2.26. The first-order valence-corrected chi connectivity index (χ1v) is 8.55. The molecule has 2 amide bonds. The number of thioether (sulfide) groups is 1. The molecule has 0 aromatic carbocycles. The van der Waals surface area contributed by atoms with E-state index in [-0.39, 0.29) is 24.3 Å². The van der Waals surface area contributed by atoms with Gasteiger partial charge in [-0.3, -0.25) is 14.4 Å². The van der Waals surface area contributed by atoms with E-state index in [1.807, 2.05) is 0 Å². The van der Waals surface area contributed by atoms with E-state index in [2.05, 4.69) is 5.32 Å². The lowest BCUT2D eigenvalue weighted by Crippen LogP contribution is -2.49. The van der Waals surface area contributed by atoms with E-state index in [0.29, 0.717) is 11.6 Å². The fraction of sp³-hybridized carbons (Fsp3) is 0.786. The Labute approximate surface area is 128 Å². The maximum Gasteiger partial charge on any atom is 0.308 e. The van der Waals surface area contributed by atoms with Crippen LogP contribution in [0, 0.1) is 11.8 Å². The van der Waals surface area contributed by atoms with E-state index in [9.17, 15) is 14.4 Å². The van der Waals surface area contributed by atoms with E-state index < -0.39 is 17.9 Å². The van der Waals surface area contributed by atoms with E-state index in [0.717, 1.165) is 25.7 Å². The fourth-order valence-corrected chi connectivity index (χ4v) is 3.91. The quantitative estimate of drug-likeness (QED) is 0.788. The number of carboxylic acid groups (broad SMARTS) is 1. The van der Waals surface area contributed by atoms with Crippen LogP contribution in [0.25, 0.3) is 0 Å². The van der Waals surface area contributed by atoms with Crippen LogP contribution in [0.4, 0.5) is 0 Å². The van der Waals surface area contributed by atoms with Gasteiger partial charge in [0.25, 0.3) is 0 Å². The number of carboxylic acids is 1. The van der Waals surface area contributed by atoms with Gasteiger partial charge < -0.3 is 15.3 Å². The SMILES string of the molecule is CC(CNC(=O)C1CSCN1C(=O)C1CCCC1)C(=O)O. The highest BCUT2D eigenvalue weighted by Crippen LogP contribution is 2.30. The summed E-state index contributed by atoms with van der Waals surface area (Å²) in [6.07, 6.45) is 4.02. The molecule has 0 aromatic heterocycles. The van der Waals surface area contributed by atoms with E-state index in [1.165, 1.54) is 0 Å². The molecule has 1 saturated carbocycles. The molecular formula is C14H22N2O4S. The first kappa shape index (κ1) is 16.1. The van der Waals surface area contributed by atoms with Gasteiger partial charge in [-0.15, -0.1) is 11.8 Å². The Morgan fingerprint density at radius 3 is 2.62 bits per heavy atom. The van der Waals surface area contributed by atoms with Gasteiger partial charge in [-0.2, -0.15) is 0 Å². The summed E-state index contributed by atoms with van der Waals surface area (Å²) >= 11 is 1.57. The van der Waals surface area contributed by atoms with Crippen LogP contribution in [-0.2, 0) is 14.4 Å². The van der Waals surface area contributed by atoms with Crippen LogP contribution in [-0.4, -0.2) is 52.0 Å². The molecule has 1 aliphatic carbocycles. The summed E-state index contributed by atoms with van der Waals surface area (Å²) in [6, 6.07) is -0.455. The number of nitrogens with one attached hydrogen (secondary N) is 1. The number of rotatable bonds is 5. The van der Waals surface area contributed by atoms with Crippen LogP contribution in [0.15, 0.2) is 0 Å². The zero-order valence-corrected chi connectivity index (χ0v) is 13.0. The van der Waals surface area contributed by atoms with Gasteiger partial charge >= 0.3 is 5.97 Å². The van der Waals surface area contributed by atoms with Crippen LogP contribution < -0.4 is 5.32 Å². The molecule has 0 spiro atoms. The summed E-state index contributed by atoms with van der Waals surface area (Å²) in [4.78, 5) is 37.1. The summed E-state index contributed by atoms with van der Waals surface area (Å²) in [6.45, 7) is 1.65. The first-order chi connectivity index (χ1) is 10.0. The van der Waals surface area contributed by atoms with Gasteiger partial charge in [-0.05, 0) is 12.8 Å². The molecule has 2 aliphatic rings. The van der Waals surface area contributed by atoms with Crippen molar-refractivity contribution in [1.29, 1.82) is 0 Å². The van der Waals surface area contributed by atoms with Gasteiger partial charge in [-0.1, -0.05) is 19.8 Å². The lowest BCUT2D eigenvalue weighted by molar-refractivity contribution is -0.143. The Hall–Kier alpha value is -1.24. The number of aliphatic carboxylic acids is 1. The van der Waals surface area contributed by atoms with Crippen molar-refractivity contribution < 1.29 is 19.5 Å². The normalized spacial score (nSPS) is 24.0. The molecule has 1 aliphatic heterocycles. The highest BCUT2D eigenvalue weighted by Gasteiger charge is 2.38. The second-order valence-electron chi connectivity index (χ2n) is 5.79. The largest absolute Gasteiger partial charge is 0.481 e. The third-order valence-electron chi connectivity index (χ3n) is 4.18. The summed E-state index contributed by atoms with van der Waals surface area (Å²) in [5.41, 5.74) is 0. The van der Waals surface area contributed by atoms with E-state index in [4.69, 9.17) is 5.11 Å². The molecule has 6 nitrogen and oxygen atoms in total. The molecule has 2 fully saturated rings. The monoisotopic (exact) mass is 314 g/mol. The van der Waals surface area contributed by atoms with Gasteiger partial charge in [0, 0.05) is 18.2 Å². The summed E-state index contributed by atoms with van der Waals surface area (Å²) in [5, 5.41) is 11.5. The smallest absolute Gasteiger partial charge is 0.308 e. The van der Waals surface area contributed by atoms with Crippen molar-refractivity contribution >= 4 is 29.5 Å². The number of hydrogen-bond donors (Lipinski definition) is 2. The zero-order valence-electron chi connectivity index (χ0n) is 12.2. The number of hydrogen-bond acceptors (Lipinski definition) is 4. The Balaban J connectivity index is 1.89. The van der Waals surface area contributed by atoms with Crippen molar-refractivity contribution in [3.63, 3.8) is 0 Å². The van der Waals surface area contributed by atoms with E-state index >= 15 is 0 Å². The lowest BCUT2D eigenvalue weighted by atomic mass is 10.1. The Morgan fingerprint density at radius 2 is 2.00 bits per heavy atom. The second kappa shape index (κ2) is 7.15. The van der Waals surface area contributed by atoms with Crippen LogP contribution in [0.3, 0.4) is 0 Å². The molecule has 2 atom stereocenters. The van der Waals surface area contributed by atoms with E-state index in [1.54, 1.807) is 23.6 Å². The highest BCUT2D eigenvalue weighted by atomic mass is 32.2. The van der Waals surface area contributed by atoms with Gasteiger partial charge in [0.1, 0.15) is 6.04 Å². The average molecular weight is 314 g/mol. The predicted octanol–water partition coefficient (Wildman–Crippen LogP) is 0.915. The third kappa shape index (κ3) is 3.90. The first-order valence-electron chi connectivity index (χ1n) is 7.39. The molecule has 2 N–H and O–H groups in total. The standard InChI is InChI=1S/C14H22N2O4S/c1-9(14(19)20)6-15-12(17)11-7-21-8-16(11)13(18)10-4-2-3-5-10/h9-11H,2-8H2,1H3,(H,15,17)(H,19,20). The second-order valence-corrected chi connectivity index (χ2v) is 6.79. The third-order valence-corrected chi connectivity index (χ3v) is 5.19. The molecule has 118 valence electrons. The number of carbonyl (C=O) groups excluding carboxylic acids is 2. The van der Waals surface area contributed by atoms with Crippen molar-refractivity contribution in [3.05, 3.63) is 0 Å². The molecule has 0 aromatic rings. The maximum atomic E-state index is 12.4. The van der Waals surface area contributed by atoms with Gasteiger partial charge in [0.2, 0.25) is 11.8 Å². The minimum Gasteiger partial charge on any atom is -0.481 e. The fourth-order valence-electron chi connectivity index (χ4n) is 2.74. The molecule has 2 rings (SSSR count). The Kier molecular flexibility index (Phi) is 5.50. The number of carbonyl (C=O) groups is 3. The minimum absolute atomic E-state index is 0.0666. The van der Waals surface area contributed by atoms with Crippen LogP contribution in [0.2, 0.25) is 0 Å².